The molecule has 1 aliphatic rings. The van der Waals surface area contributed by atoms with Crippen molar-refractivity contribution < 1.29 is 4.79 Å². The van der Waals surface area contributed by atoms with Crippen molar-refractivity contribution in [2.75, 3.05) is 13.1 Å². The van der Waals surface area contributed by atoms with Gasteiger partial charge in [-0.15, -0.1) is 0 Å². The highest BCUT2D eigenvalue weighted by molar-refractivity contribution is 9.11. The maximum Gasteiger partial charge on any atom is 0.253 e. The van der Waals surface area contributed by atoms with E-state index in [1.54, 1.807) is 0 Å². The van der Waals surface area contributed by atoms with Crippen LogP contribution < -0.4 is 0 Å². The van der Waals surface area contributed by atoms with Gasteiger partial charge in [-0.05, 0) is 36.5 Å². The molecule has 2 rings (SSSR count). The number of carbonyl (C=O) groups is 1. The van der Waals surface area contributed by atoms with E-state index in [1.807, 2.05) is 23.1 Å². The van der Waals surface area contributed by atoms with Crippen LogP contribution in [0.15, 0.2) is 27.1 Å². The summed E-state index contributed by atoms with van der Waals surface area (Å²) in [5, 5.41) is 0. The first-order valence-corrected chi connectivity index (χ1v) is 7.81. The minimum absolute atomic E-state index is 0.135. The normalized spacial score (nSPS) is 24.1. The van der Waals surface area contributed by atoms with Crippen molar-refractivity contribution >= 4 is 37.8 Å². The molecule has 0 N–H and O–H groups in total. The first-order valence-electron chi connectivity index (χ1n) is 6.22. The van der Waals surface area contributed by atoms with Gasteiger partial charge in [0.2, 0.25) is 0 Å². The minimum Gasteiger partial charge on any atom is -0.338 e. The van der Waals surface area contributed by atoms with E-state index in [0.29, 0.717) is 11.8 Å². The number of likely N-dealkylation sites (tertiary alicyclic amines) is 1. The largest absolute Gasteiger partial charge is 0.338 e. The van der Waals surface area contributed by atoms with Crippen molar-refractivity contribution in [2.24, 2.45) is 11.8 Å². The SMILES string of the molecule is CC1CCN(C(=O)c2cc(Br)cc(Br)c2)CC1C. The molecule has 1 saturated heterocycles. The molecule has 2 atom stereocenters. The summed E-state index contributed by atoms with van der Waals surface area (Å²) in [6.45, 7) is 6.22. The van der Waals surface area contributed by atoms with Gasteiger partial charge in [0.15, 0.2) is 0 Å². The maximum absolute atomic E-state index is 12.4. The highest BCUT2D eigenvalue weighted by Crippen LogP contribution is 2.26. The second kappa shape index (κ2) is 5.74. The molecule has 1 aromatic rings. The van der Waals surface area contributed by atoms with Crippen molar-refractivity contribution in [2.45, 2.75) is 20.3 Å². The summed E-state index contributed by atoms with van der Waals surface area (Å²) in [4.78, 5) is 14.4. The molecule has 98 valence electrons. The molecule has 0 radical (unpaired) electrons. The first kappa shape index (κ1) is 14.1. The predicted molar refractivity (Wildman–Crippen MR) is 80.7 cm³/mol. The van der Waals surface area contributed by atoms with Crippen LogP contribution in [0, 0.1) is 11.8 Å². The molecule has 0 bridgehead atoms. The van der Waals surface area contributed by atoms with Crippen LogP contribution in [-0.4, -0.2) is 23.9 Å². The lowest BCUT2D eigenvalue weighted by molar-refractivity contribution is 0.0627. The van der Waals surface area contributed by atoms with Gasteiger partial charge < -0.3 is 4.90 Å². The van der Waals surface area contributed by atoms with Crippen molar-refractivity contribution in [1.29, 1.82) is 0 Å². The fraction of sp³-hybridized carbons (Fsp3) is 0.500. The Bertz CT molecular complexity index is 441. The summed E-state index contributed by atoms with van der Waals surface area (Å²) in [6.07, 6.45) is 1.10. The zero-order valence-corrected chi connectivity index (χ0v) is 13.8. The molecular weight excluding hydrogens is 358 g/mol. The number of piperidine rings is 1. The molecule has 1 aliphatic heterocycles. The number of halogens is 2. The van der Waals surface area contributed by atoms with E-state index in [9.17, 15) is 4.79 Å². The number of hydrogen-bond donors (Lipinski definition) is 0. The molecule has 1 heterocycles. The van der Waals surface area contributed by atoms with Gasteiger partial charge >= 0.3 is 0 Å². The van der Waals surface area contributed by atoms with Crippen molar-refractivity contribution in [3.63, 3.8) is 0 Å². The van der Waals surface area contributed by atoms with Gasteiger partial charge in [0, 0.05) is 27.6 Å². The molecule has 0 aromatic heterocycles. The monoisotopic (exact) mass is 373 g/mol. The van der Waals surface area contributed by atoms with E-state index in [4.69, 9.17) is 0 Å². The average molecular weight is 375 g/mol. The second-order valence-corrected chi connectivity index (χ2v) is 6.98. The fourth-order valence-corrected chi connectivity index (χ4v) is 3.60. The summed E-state index contributed by atoms with van der Waals surface area (Å²) < 4.78 is 1.86. The van der Waals surface area contributed by atoms with Crippen molar-refractivity contribution in [3.8, 4) is 0 Å². The summed E-state index contributed by atoms with van der Waals surface area (Å²) in [7, 11) is 0. The number of amides is 1. The Morgan fingerprint density at radius 2 is 1.78 bits per heavy atom. The standard InChI is InChI=1S/C14H17Br2NO/c1-9-3-4-17(8-10(9)2)14(18)11-5-12(15)7-13(16)6-11/h5-7,9-10H,3-4,8H2,1-2H3. The van der Waals surface area contributed by atoms with E-state index in [-0.39, 0.29) is 5.91 Å². The van der Waals surface area contributed by atoms with Crippen LogP contribution in [-0.2, 0) is 0 Å². The van der Waals surface area contributed by atoms with Gasteiger partial charge in [0.1, 0.15) is 0 Å². The number of carbonyl (C=O) groups excluding carboxylic acids is 1. The Hall–Kier alpha value is -0.350. The van der Waals surface area contributed by atoms with Crippen LogP contribution in [0.5, 0.6) is 0 Å². The molecule has 0 saturated carbocycles. The number of benzene rings is 1. The summed E-state index contributed by atoms with van der Waals surface area (Å²) in [5.74, 6) is 1.43. The molecule has 1 fully saturated rings. The lowest BCUT2D eigenvalue weighted by Gasteiger charge is -2.35. The Balaban J connectivity index is 2.16. The molecule has 0 spiro atoms. The highest BCUT2D eigenvalue weighted by atomic mass is 79.9. The maximum atomic E-state index is 12.4. The lowest BCUT2D eigenvalue weighted by atomic mass is 9.88. The van der Waals surface area contributed by atoms with E-state index in [2.05, 4.69) is 45.7 Å². The Kier molecular flexibility index (Phi) is 4.49. The molecule has 0 aliphatic carbocycles. The second-order valence-electron chi connectivity index (χ2n) is 5.15. The molecule has 18 heavy (non-hydrogen) atoms. The highest BCUT2D eigenvalue weighted by Gasteiger charge is 2.26. The Morgan fingerprint density at radius 1 is 1.17 bits per heavy atom. The van der Waals surface area contributed by atoms with Gasteiger partial charge in [0.05, 0.1) is 0 Å². The van der Waals surface area contributed by atoms with Gasteiger partial charge in [-0.3, -0.25) is 4.79 Å². The summed E-state index contributed by atoms with van der Waals surface area (Å²) in [5.41, 5.74) is 0.748. The van der Waals surface area contributed by atoms with Gasteiger partial charge in [-0.1, -0.05) is 45.7 Å². The molecule has 1 amide bonds. The third-order valence-electron chi connectivity index (χ3n) is 3.73. The zero-order chi connectivity index (χ0) is 13.3. The van der Waals surface area contributed by atoms with Crippen LogP contribution in [0.1, 0.15) is 30.6 Å². The predicted octanol–water partition coefficient (Wildman–Crippen LogP) is 4.33. The van der Waals surface area contributed by atoms with Gasteiger partial charge in [-0.2, -0.15) is 0 Å². The van der Waals surface area contributed by atoms with E-state index >= 15 is 0 Å². The Labute approximate surface area is 125 Å². The molecule has 4 heteroatoms. The van der Waals surface area contributed by atoms with Crippen molar-refractivity contribution in [3.05, 3.63) is 32.7 Å². The third kappa shape index (κ3) is 3.15. The molecule has 2 nitrogen and oxygen atoms in total. The third-order valence-corrected chi connectivity index (χ3v) is 4.65. The summed E-state index contributed by atoms with van der Waals surface area (Å²) in [6, 6.07) is 5.71. The first-order chi connectivity index (χ1) is 8.47. The topological polar surface area (TPSA) is 20.3 Å². The number of rotatable bonds is 1. The quantitative estimate of drug-likeness (QED) is 0.716. The van der Waals surface area contributed by atoms with Gasteiger partial charge in [-0.25, -0.2) is 0 Å². The van der Waals surface area contributed by atoms with Crippen LogP contribution in [0.3, 0.4) is 0 Å². The zero-order valence-electron chi connectivity index (χ0n) is 10.6. The fourth-order valence-electron chi connectivity index (χ4n) is 2.31. The number of nitrogens with zero attached hydrogens (tertiary/aromatic N) is 1. The molecular formula is C14H17Br2NO. The lowest BCUT2D eigenvalue weighted by Crippen LogP contribution is -2.42. The summed E-state index contributed by atoms with van der Waals surface area (Å²) >= 11 is 6.85. The van der Waals surface area contributed by atoms with Crippen LogP contribution in [0.4, 0.5) is 0 Å². The number of hydrogen-bond acceptors (Lipinski definition) is 1. The van der Waals surface area contributed by atoms with Crippen LogP contribution >= 0.6 is 31.9 Å². The Morgan fingerprint density at radius 3 is 2.33 bits per heavy atom. The minimum atomic E-state index is 0.135. The van der Waals surface area contributed by atoms with Crippen molar-refractivity contribution in [1.82, 2.24) is 4.90 Å². The van der Waals surface area contributed by atoms with Crippen LogP contribution in [0.2, 0.25) is 0 Å². The average Bonchev–Trinajstić information content (AvgIpc) is 2.30. The van der Waals surface area contributed by atoms with Crippen LogP contribution in [0.25, 0.3) is 0 Å². The van der Waals surface area contributed by atoms with E-state index in [0.717, 1.165) is 34.0 Å². The van der Waals surface area contributed by atoms with Gasteiger partial charge in [0.25, 0.3) is 5.91 Å². The molecule has 1 aromatic carbocycles. The smallest absolute Gasteiger partial charge is 0.253 e. The van der Waals surface area contributed by atoms with E-state index in [1.165, 1.54) is 0 Å². The molecule has 2 unspecified atom stereocenters. The van der Waals surface area contributed by atoms with E-state index < -0.39 is 0 Å².